The topological polar surface area (TPSA) is 76.0 Å². The zero-order valence-corrected chi connectivity index (χ0v) is 18.5. The largest absolute Gasteiger partial charge is 0.481 e. The van der Waals surface area contributed by atoms with Crippen molar-refractivity contribution >= 4 is 46.9 Å². The second kappa shape index (κ2) is 9.94. The standard InChI is InChI=1S/C24H21Cl2NO4/c1-14-20(23(28)29)22(17-11-18(25)13-19(26)12-17)21(15(2)27-14)24(30)31-10-6-9-16-7-4-3-5-8-16/h3-9,11-13,20,22H,10H2,1-2H3,(H,28,29). The third kappa shape index (κ3) is 5.43. The Morgan fingerprint density at radius 3 is 2.35 bits per heavy atom. The SMILES string of the molecule is CC1=NC(C)=C(C(=O)OCC=Cc2ccccc2)C(c2cc(Cl)cc(Cl)c2)C1C(=O)O. The maximum atomic E-state index is 13.0. The molecule has 0 amide bonds. The maximum Gasteiger partial charge on any atom is 0.336 e. The van der Waals surface area contributed by atoms with Crippen LogP contribution < -0.4 is 0 Å². The molecule has 3 rings (SSSR count). The van der Waals surface area contributed by atoms with Crippen LogP contribution in [-0.4, -0.2) is 29.4 Å². The van der Waals surface area contributed by atoms with Crippen molar-refractivity contribution in [2.75, 3.05) is 6.61 Å². The Morgan fingerprint density at radius 2 is 1.74 bits per heavy atom. The van der Waals surface area contributed by atoms with Gasteiger partial charge >= 0.3 is 11.9 Å². The summed E-state index contributed by atoms with van der Waals surface area (Å²) in [4.78, 5) is 29.4. The van der Waals surface area contributed by atoms with Crippen molar-refractivity contribution in [3.05, 3.63) is 87.0 Å². The molecule has 1 aliphatic rings. The van der Waals surface area contributed by atoms with Crippen molar-refractivity contribution in [3.63, 3.8) is 0 Å². The van der Waals surface area contributed by atoms with Crippen molar-refractivity contribution in [3.8, 4) is 0 Å². The number of hydrogen-bond donors (Lipinski definition) is 1. The predicted octanol–water partition coefficient (Wildman–Crippen LogP) is 5.78. The monoisotopic (exact) mass is 457 g/mol. The van der Waals surface area contributed by atoms with Gasteiger partial charge in [-0.05, 0) is 49.2 Å². The first-order valence-corrected chi connectivity index (χ1v) is 10.4. The number of allylic oxidation sites excluding steroid dienone is 1. The number of benzene rings is 2. The quantitative estimate of drug-likeness (QED) is 0.557. The fourth-order valence-corrected chi connectivity index (χ4v) is 4.23. The number of carbonyl (C=O) groups excluding carboxylic acids is 1. The molecule has 1 N–H and O–H groups in total. The number of halogens is 2. The molecule has 2 atom stereocenters. The molecular formula is C24H21Cl2NO4. The molecule has 0 saturated heterocycles. The number of rotatable bonds is 6. The molecular weight excluding hydrogens is 437 g/mol. The number of carboxylic acids is 1. The molecule has 0 aromatic heterocycles. The highest BCUT2D eigenvalue weighted by atomic mass is 35.5. The minimum Gasteiger partial charge on any atom is -0.481 e. The molecule has 2 aromatic carbocycles. The van der Waals surface area contributed by atoms with E-state index in [1.165, 1.54) is 0 Å². The fourth-order valence-electron chi connectivity index (χ4n) is 3.69. The van der Waals surface area contributed by atoms with Gasteiger partial charge in [0, 0.05) is 27.4 Å². The number of carboxylic acid groups (broad SMARTS) is 1. The Kier molecular flexibility index (Phi) is 7.31. The third-order valence-electron chi connectivity index (χ3n) is 4.98. The lowest BCUT2D eigenvalue weighted by atomic mass is 9.75. The van der Waals surface area contributed by atoms with Crippen LogP contribution in [0.5, 0.6) is 0 Å². The summed E-state index contributed by atoms with van der Waals surface area (Å²) in [5.41, 5.74) is 2.48. The first kappa shape index (κ1) is 22.8. The van der Waals surface area contributed by atoms with Gasteiger partial charge < -0.3 is 9.84 Å². The summed E-state index contributed by atoms with van der Waals surface area (Å²) in [6.45, 7) is 3.33. The highest BCUT2D eigenvalue weighted by molar-refractivity contribution is 6.34. The van der Waals surface area contributed by atoms with E-state index in [4.69, 9.17) is 27.9 Å². The van der Waals surface area contributed by atoms with E-state index in [0.717, 1.165) is 5.56 Å². The minimum atomic E-state index is -1.09. The highest BCUT2D eigenvalue weighted by Crippen LogP contribution is 2.41. The highest BCUT2D eigenvalue weighted by Gasteiger charge is 2.41. The van der Waals surface area contributed by atoms with Gasteiger partial charge in [-0.15, -0.1) is 0 Å². The van der Waals surface area contributed by atoms with Gasteiger partial charge in [0.1, 0.15) is 12.5 Å². The molecule has 7 heteroatoms. The smallest absolute Gasteiger partial charge is 0.336 e. The number of carbonyl (C=O) groups is 2. The van der Waals surface area contributed by atoms with E-state index in [2.05, 4.69) is 4.99 Å². The van der Waals surface area contributed by atoms with E-state index in [1.54, 1.807) is 38.1 Å². The Morgan fingerprint density at radius 1 is 1.10 bits per heavy atom. The Bertz CT molecular complexity index is 1070. The molecule has 1 aliphatic heterocycles. The van der Waals surface area contributed by atoms with Gasteiger partial charge in [-0.1, -0.05) is 59.6 Å². The molecule has 0 bridgehead atoms. The van der Waals surface area contributed by atoms with Gasteiger partial charge in [0.25, 0.3) is 0 Å². The van der Waals surface area contributed by atoms with Crippen molar-refractivity contribution in [1.82, 2.24) is 0 Å². The van der Waals surface area contributed by atoms with Crippen LogP contribution in [-0.2, 0) is 14.3 Å². The number of esters is 1. The summed E-state index contributed by atoms with van der Waals surface area (Å²) >= 11 is 12.3. The molecule has 2 aromatic rings. The molecule has 31 heavy (non-hydrogen) atoms. The van der Waals surface area contributed by atoms with E-state index < -0.39 is 23.8 Å². The minimum absolute atomic E-state index is 0.0357. The Labute approximate surface area is 190 Å². The third-order valence-corrected chi connectivity index (χ3v) is 5.42. The van der Waals surface area contributed by atoms with Crippen LogP contribution in [0.1, 0.15) is 30.9 Å². The number of aliphatic imine (C=N–C) groups is 1. The summed E-state index contributed by atoms with van der Waals surface area (Å²) in [6.07, 6.45) is 3.56. The van der Waals surface area contributed by atoms with Crippen molar-refractivity contribution < 1.29 is 19.4 Å². The number of aliphatic carboxylic acids is 1. The average molecular weight is 458 g/mol. The van der Waals surface area contributed by atoms with Gasteiger partial charge in [-0.25, -0.2) is 4.79 Å². The summed E-state index contributed by atoms with van der Waals surface area (Å²) in [7, 11) is 0. The van der Waals surface area contributed by atoms with Crippen LogP contribution in [0.15, 0.2) is 70.9 Å². The summed E-state index contributed by atoms with van der Waals surface area (Å²) in [5.74, 6) is -3.58. The molecule has 2 unspecified atom stereocenters. The van der Waals surface area contributed by atoms with Crippen LogP contribution in [0, 0.1) is 5.92 Å². The number of nitrogens with zero attached hydrogens (tertiary/aromatic N) is 1. The summed E-state index contributed by atoms with van der Waals surface area (Å²) in [6, 6.07) is 14.4. The lowest BCUT2D eigenvalue weighted by molar-refractivity contribution is -0.140. The maximum absolute atomic E-state index is 13.0. The van der Waals surface area contributed by atoms with Gasteiger partial charge in [-0.2, -0.15) is 0 Å². The first-order valence-electron chi connectivity index (χ1n) is 9.61. The molecule has 5 nitrogen and oxygen atoms in total. The average Bonchev–Trinajstić information content (AvgIpc) is 2.70. The number of ether oxygens (including phenoxy) is 1. The molecule has 0 fully saturated rings. The zero-order chi connectivity index (χ0) is 22.5. The summed E-state index contributed by atoms with van der Waals surface area (Å²) in [5, 5.41) is 10.6. The normalized spacial score (nSPS) is 18.8. The van der Waals surface area contributed by atoms with Crippen molar-refractivity contribution in [1.29, 1.82) is 0 Å². The number of hydrogen-bond acceptors (Lipinski definition) is 4. The lowest BCUT2D eigenvalue weighted by Gasteiger charge is -2.30. The molecule has 0 saturated carbocycles. The lowest BCUT2D eigenvalue weighted by Crippen LogP contribution is -2.35. The van der Waals surface area contributed by atoms with Crippen molar-refractivity contribution in [2.24, 2.45) is 10.9 Å². The Balaban J connectivity index is 1.92. The molecule has 0 spiro atoms. The van der Waals surface area contributed by atoms with Gasteiger partial charge in [-0.3, -0.25) is 9.79 Å². The van der Waals surface area contributed by atoms with Gasteiger partial charge in [0.15, 0.2) is 0 Å². The van der Waals surface area contributed by atoms with E-state index >= 15 is 0 Å². The van der Waals surface area contributed by atoms with Gasteiger partial charge in [0.2, 0.25) is 0 Å². The van der Waals surface area contributed by atoms with E-state index in [0.29, 0.717) is 27.0 Å². The van der Waals surface area contributed by atoms with Crippen LogP contribution in [0.4, 0.5) is 0 Å². The van der Waals surface area contributed by atoms with Crippen LogP contribution in [0.25, 0.3) is 6.08 Å². The Hall–Kier alpha value is -2.89. The second-order valence-corrected chi connectivity index (χ2v) is 8.03. The van der Waals surface area contributed by atoms with E-state index in [-0.39, 0.29) is 12.2 Å². The van der Waals surface area contributed by atoms with Crippen LogP contribution in [0.3, 0.4) is 0 Å². The predicted molar refractivity (Wildman–Crippen MR) is 123 cm³/mol. The second-order valence-electron chi connectivity index (χ2n) is 7.16. The molecule has 1 heterocycles. The molecule has 0 radical (unpaired) electrons. The summed E-state index contributed by atoms with van der Waals surface area (Å²) < 4.78 is 5.44. The van der Waals surface area contributed by atoms with Crippen molar-refractivity contribution in [2.45, 2.75) is 19.8 Å². The molecule has 0 aliphatic carbocycles. The van der Waals surface area contributed by atoms with Crippen LogP contribution >= 0.6 is 23.2 Å². The van der Waals surface area contributed by atoms with E-state index in [1.807, 2.05) is 36.4 Å². The van der Waals surface area contributed by atoms with E-state index in [9.17, 15) is 14.7 Å². The first-order chi connectivity index (χ1) is 14.8. The van der Waals surface area contributed by atoms with Gasteiger partial charge in [0.05, 0.1) is 5.57 Å². The van der Waals surface area contributed by atoms with Crippen LogP contribution in [0.2, 0.25) is 10.0 Å². The zero-order valence-electron chi connectivity index (χ0n) is 17.0. The fraction of sp³-hybridized carbons (Fsp3) is 0.208. The molecule has 160 valence electrons.